The number of benzene rings is 4. The fourth-order valence-electron chi connectivity index (χ4n) is 7.50. The van der Waals surface area contributed by atoms with Crippen LogP contribution in [0.25, 0.3) is 22.3 Å². The highest BCUT2D eigenvalue weighted by atomic mass is 35.5. The summed E-state index contributed by atoms with van der Waals surface area (Å²) in [6.45, 7) is 10.6. The number of carbonyl (C=O) groups excluding carboxylic acids is 2. The Balaban J connectivity index is 0.000000330. The second-order valence-corrected chi connectivity index (χ2v) is 18.2. The summed E-state index contributed by atoms with van der Waals surface area (Å²) in [5, 5.41) is 29.4. The molecule has 400 valence electrons. The zero-order valence-electron chi connectivity index (χ0n) is 42.0. The van der Waals surface area contributed by atoms with Crippen molar-refractivity contribution in [2.24, 2.45) is 16.6 Å². The molecule has 19 heteroatoms. The van der Waals surface area contributed by atoms with Crippen molar-refractivity contribution in [3.05, 3.63) is 142 Å². The number of nitrogens with two attached hydrogens (primary N) is 1. The van der Waals surface area contributed by atoms with Crippen molar-refractivity contribution in [1.82, 2.24) is 15.6 Å². The van der Waals surface area contributed by atoms with Gasteiger partial charge in [-0.15, -0.1) is 0 Å². The molecule has 6 aromatic rings. The third-order valence-corrected chi connectivity index (χ3v) is 11.8. The Morgan fingerprint density at radius 2 is 1.12 bits per heavy atom. The van der Waals surface area contributed by atoms with Crippen LogP contribution in [0.5, 0.6) is 11.8 Å². The molecule has 2 heterocycles. The number of halogens is 2. The van der Waals surface area contributed by atoms with E-state index in [2.05, 4.69) is 49.2 Å². The number of carboxylic acid groups (broad SMARTS) is 2. The van der Waals surface area contributed by atoms with E-state index < -0.39 is 34.7 Å². The van der Waals surface area contributed by atoms with E-state index >= 15 is 0 Å². The van der Waals surface area contributed by atoms with E-state index in [0.717, 1.165) is 38.4 Å². The normalized spacial score (nSPS) is 13.1. The average molecular weight is 1060 g/mol. The second-order valence-electron chi connectivity index (χ2n) is 17.4. The Hall–Kier alpha value is -6.76. The third-order valence-electron chi connectivity index (χ3n) is 11.3. The molecule has 5 N–H and O–H groups in total. The van der Waals surface area contributed by atoms with E-state index in [1.54, 1.807) is 20.8 Å². The number of ether oxygens (including phenoxy) is 5. The van der Waals surface area contributed by atoms with Gasteiger partial charge in [0.2, 0.25) is 11.5 Å². The summed E-state index contributed by atoms with van der Waals surface area (Å²) >= 11 is 12.2. The number of hydrogen-bond acceptors (Lipinski definition) is 14. The molecule has 1 amide bonds. The van der Waals surface area contributed by atoms with Crippen LogP contribution in [0.3, 0.4) is 0 Å². The van der Waals surface area contributed by atoms with Gasteiger partial charge in [0.25, 0.3) is 17.7 Å². The van der Waals surface area contributed by atoms with Gasteiger partial charge in [0, 0.05) is 35.3 Å². The summed E-state index contributed by atoms with van der Waals surface area (Å²) in [5.74, 6) is -2.83. The van der Waals surface area contributed by atoms with Gasteiger partial charge < -0.3 is 54.0 Å². The number of nitrogens with one attached hydrogen (secondary N) is 1. The molecule has 0 saturated heterocycles. The van der Waals surface area contributed by atoms with Gasteiger partial charge >= 0.3 is 17.9 Å². The number of nitrogens with zero attached hydrogens (tertiary/aromatic N) is 2. The molecule has 0 bridgehead atoms. The quantitative estimate of drug-likeness (QED) is 0.0412. The van der Waals surface area contributed by atoms with Crippen LogP contribution in [0, 0.1) is 10.8 Å². The number of carbonyl (C=O) groups is 4. The topological polar surface area (TPSA) is 245 Å². The molecule has 74 heavy (non-hydrogen) atoms. The van der Waals surface area contributed by atoms with Gasteiger partial charge in [-0.1, -0.05) is 103 Å². The lowest BCUT2D eigenvalue weighted by atomic mass is 9.82. The lowest BCUT2D eigenvalue weighted by Gasteiger charge is -2.30. The summed E-state index contributed by atoms with van der Waals surface area (Å²) in [5.41, 5.74) is 10.7. The molecule has 0 unspecified atom stereocenters. The van der Waals surface area contributed by atoms with Gasteiger partial charge in [0.1, 0.15) is 0 Å². The maximum absolute atomic E-state index is 12.8. The van der Waals surface area contributed by atoms with Gasteiger partial charge in [-0.2, -0.15) is 0 Å². The zero-order valence-corrected chi connectivity index (χ0v) is 43.5. The first kappa shape index (κ1) is 61.5. The number of amides is 1. The standard InChI is InChI=1S/C26H29ClN2O6.C23H30ClNO3.C5H5NO4.CH4/c1-4-34-16-26(2,25(31)32)15-21(28-24(30)22-14-23(33-3)29-35-22)12-17-8-10-18(11-9-17)19-6-5-7-20(27)13-19;1-4-27-16-23(3,22(26)28-5-2)15-21(25)13-17-9-11-18(12-10-17)19-7-6-8-20(24)14-19;1-9-4-2-3(5(7)8)10-6-4;/h5-11,13-14,21H,4,12,15-16H2,1-3H3,(H,28,30)(H,31,32);6-12,14,21H,4-5,13,15-16,25H2,1-3H3;2H,1H3,(H,7,8);1H4/t21-,26+;21-,23+;;/m11../s1. The smallest absolute Gasteiger partial charge is 0.374 e. The van der Waals surface area contributed by atoms with Gasteiger partial charge in [0.05, 0.1) is 57.0 Å². The third kappa shape index (κ3) is 19.3. The fourth-order valence-corrected chi connectivity index (χ4v) is 7.88. The molecule has 0 spiro atoms. The number of esters is 1. The molecule has 0 saturated carbocycles. The predicted molar refractivity (Wildman–Crippen MR) is 283 cm³/mol. The van der Waals surface area contributed by atoms with Crippen LogP contribution < -0.4 is 20.5 Å². The first-order valence-corrected chi connectivity index (χ1v) is 24.2. The van der Waals surface area contributed by atoms with Crippen molar-refractivity contribution in [3.8, 4) is 34.0 Å². The lowest BCUT2D eigenvalue weighted by Crippen LogP contribution is -2.44. The molecule has 0 radical (unpaired) electrons. The highest BCUT2D eigenvalue weighted by Crippen LogP contribution is 2.30. The van der Waals surface area contributed by atoms with Crippen LogP contribution in [0.4, 0.5) is 0 Å². The number of aromatic nitrogens is 2. The Bertz CT molecular complexity index is 2680. The molecule has 2 aromatic heterocycles. The molecule has 0 fully saturated rings. The molecular formula is C55H68Cl2N4O13. The van der Waals surface area contributed by atoms with Crippen LogP contribution in [-0.4, -0.2) is 104 Å². The molecule has 6 rings (SSSR count). The Kier molecular flexibility index (Phi) is 25.3. The molecule has 17 nitrogen and oxygen atoms in total. The Morgan fingerprint density at radius 1 is 0.649 bits per heavy atom. The summed E-state index contributed by atoms with van der Waals surface area (Å²) in [7, 11) is 2.80. The minimum atomic E-state index is -1.20. The first-order valence-electron chi connectivity index (χ1n) is 23.4. The first-order chi connectivity index (χ1) is 34.8. The minimum Gasteiger partial charge on any atom is -0.481 e. The van der Waals surface area contributed by atoms with E-state index in [-0.39, 0.29) is 55.7 Å². The van der Waals surface area contributed by atoms with E-state index in [4.69, 9.17) is 57.5 Å². The highest BCUT2D eigenvalue weighted by Gasteiger charge is 2.38. The summed E-state index contributed by atoms with van der Waals surface area (Å²) in [6, 6.07) is 33.4. The fraction of sp³-hybridized carbons (Fsp3) is 0.382. The molecule has 4 atom stereocenters. The van der Waals surface area contributed by atoms with Crippen molar-refractivity contribution < 1.29 is 62.1 Å². The summed E-state index contributed by atoms with van der Waals surface area (Å²) in [6.07, 6.45) is 1.73. The minimum absolute atomic E-state index is 0. The van der Waals surface area contributed by atoms with Gasteiger partial charge in [-0.25, -0.2) is 4.79 Å². The van der Waals surface area contributed by atoms with Gasteiger partial charge in [-0.3, -0.25) is 14.4 Å². The molecule has 0 aliphatic heterocycles. The van der Waals surface area contributed by atoms with E-state index in [1.807, 2.05) is 86.6 Å². The van der Waals surface area contributed by atoms with Gasteiger partial charge in [0.15, 0.2) is 0 Å². The molecule has 4 aromatic carbocycles. The van der Waals surface area contributed by atoms with Crippen LogP contribution in [-0.2, 0) is 36.6 Å². The number of aromatic carboxylic acids is 1. The Labute approximate surface area is 442 Å². The number of carboxylic acids is 2. The SMILES string of the molecule is C.CCOC[C@](C)(C[C@@H](Cc1ccc(-c2cccc(Cl)c2)cc1)NC(=O)c1cc(OC)no1)C(=O)O.CCOC[C@](C)(C[C@H](N)Cc1ccc(-c2cccc(Cl)c2)cc1)C(=O)OCC.COc1cc(C(=O)O)on1. The number of aliphatic carboxylic acids is 1. The van der Waals surface area contributed by atoms with E-state index in [9.17, 15) is 24.3 Å². The lowest BCUT2D eigenvalue weighted by molar-refractivity contribution is -0.159. The van der Waals surface area contributed by atoms with E-state index in [1.165, 1.54) is 26.4 Å². The number of methoxy groups -OCH3 is 2. The monoisotopic (exact) mass is 1060 g/mol. The van der Waals surface area contributed by atoms with Crippen molar-refractivity contribution in [2.75, 3.05) is 47.3 Å². The number of hydrogen-bond donors (Lipinski definition) is 4. The van der Waals surface area contributed by atoms with E-state index in [0.29, 0.717) is 50.7 Å². The predicted octanol–water partition coefficient (Wildman–Crippen LogP) is 10.8. The molecule has 0 aliphatic rings. The molecule has 0 aliphatic carbocycles. The number of rotatable bonds is 24. The van der Waals surface area contributed by atoms with Gasteiger partial charge in [-0.05, 0) is 128 Å². The second kappa shape index (κ2) is 30.4. The maximum atomic E-state index is 12.8. The largest absolute Gasteiger partial charge is 0.481 e. The summed E-state index contributed by atoms with van der Waals surface area (Å²) < 4.78 is 35.1. The van der Waals surface area contributed by atoms with Crippen molar-refractivity contribution in [2.45, 2.75) is 79.8 Å². The average Bonchev–Trinajstić information content (AvgIpc) is 4.07. The zero-order chi connectivity index (χ0) is 53.6. The van der Waals surface area contributed by atoms with Crippen molar-refractivity contribution in [1.29, 1.82) is 0 Å². The van der Waals surface area contributed by atoms with Crippen molar-refractivity contribution in [3.63, 3.8) is 0 Å². The maximum Gasteiger partial charge on any atom is 0.374 e. The van der Waals surface area contributed by atoms with Crippen LogP contribution in [0.15, 0.2) is 118 Å². The van der Waals surface area contributed by atoms with Crippen molar-refractivity contribution >= 4 is 47.0 Å². The highest BCUT2D eigenvalue weighted by molar-refractivity contribution is 6.31. The Morgan fingerprint density at radius 3 is 1.54 bits per heavy atom. The van der Waals surface area contributed by atoms with Crippen LogP contribution in [0.2, 0.25) is 10.0 Å². The van der Waals surface area contributed by atoms with Crippen LogP contribution >= 0.6 is 23.2 Å². The molecular weight excluding hydrogens is 996 g/mol. The summed E-state index contributed by atoms with van der Waals surface area (Å²) in [4.78, 5) is 47.5. The van der Waals surface area contributed by atoms with Crippen LogP contribution in [0.1, 0.15) is 87.1 Å².